The summed E-state index contributed by atoms with van der Waals surface area (Å²) in [5.41, 5.74) is 0. The van der Waals surface area contributed by atoms with E-state index in [-0.39, 0.29) is 86.3 Å². The molecule has 0 bridgehead atoms. The Kier molecular flexibility index (Phi) is 59.0. The number of hydrogen-bond donors (Lipinski definition) is 0. The molecule has 0 amide bonds. The molecule has 0 fully saturated rings. The standard InChI is InChI=1S/B5O8.Na.5H2O/c6-1-10-5(11-2-7,12-3-8)13-4-9;;;;;;/h;;5*1H2/q-1;+1;;;;;. The van der Waals surface area contributed by atoms with E-state index in [1.54, 1.807) is 0 Å². The van der Waals surface area contributed by atoms with Crippen molar-refractivity contribution >= 4 is 36.4 Å². The van der Waals surface area contributed by atoms with E-state index in [9.17, 15) is 18.8 Å². The third-order valence-electron chi connectivity index (χ3n) is 0.889. The van der Waals surface area contributed by atoms with Gasteiger partial charge in [-0.1, -0.05) is 0 Å². The molecule has 19 heavy (non-hydrogen) atoms. The first-order valence-electron chi connectivity index (χ1n) is 2.83. The number of hydrogen-bond acceptors (Lipinski definition) is 8. The van der Waals surface area contributed by atoms with Gasteiger partial charge in [0.05, 0.1) is 0 Å². The van der Waals surface area contributed by atoms with E-state index >= 15 is 0 Å². The molecular formula is H10B5NaO13. The molecule has 104 valence electrons. The average molecular weight is 295 g/mol. The Morgan fingerprint density at radius 1 is 0.526 bits per heavy atom. The predicted molar refractivity (Wildman–Crippen MR) is 53.9 cm³/mol. The van der Waals surface area contributed by atoms with Gasteiger partial charge in [0, 0.05) is 0 Å². The average Bonchev–Trinajstić information content (AvgIpc) is 2.06. The summed E-state index contributed by atoms with van der Waals surface area (Å²) in [4.78, 5) is 0. The SMILES string of the molecule is O.O.O.O.O.O=BO[B-](OB=O)(OB=O)OB=O.[Na+]. The molecule has 0 saturated carbocycles. The van der Waals surface area contributed by atoms with Crippen molar-refractivity contribution in [3.8, 4) is 0 Å². The van der Waals surface area contributed by atoms with E-state index in [1.807, 2.05) is 0 Å². The molecule has 0 atom stereocenters. The van der Waals surface area contributed by atoms with Gasteiger partial charge in [0.1, 0.15) is 0 Å². The second-order valence-corrected chi connectivity index (χ2v) is 1.51. The van der Waals surface area contributed by atoms with Crippen molar-refractivity contribution in [1.82, 2.24) is 0 Å². The minimum atomic E-state index is -3.44. The van der Waals surface area contributed by atoms with Crippen LogP contribution >= 0.6 is 0 Å². The fourth-order valence-corrected chi connectivity index (χ4v) is 0.465. The van der Waals surface area contributed by atoms with Crippen LogP contribution in [-0.4, -0.2) is 63.7 Å². The molecule has 0 unspecified atom stereocenters. The monoisotopic (exact) mass is 296 g/mol. The van der Waals surface area contributed by atoms with Crippen molar-refractivity contribution in [2.75, 3.05) is 0 Å². The minimum absolute atomic E-state index is 0. The van der Waals surface area contributed by atoms with E-state index in [0.29, 0.717) is 0 Å². The van der Waals surface area contributed by atoms with Gasteiger partial charge in [0.15, 0.2) is 0 Å². The van der Waals surface area contributed by atoms with Gasteiger partial charge in [0.2, 0.25) is 0 Å². The van der Waals surface area contributed by atoms with Gasteiger partial charge >= 0.3 is 103 Å². The van der Waals surface area contributed by atoms with Gasteiger partial charge < -0.3 is 27.4 Å². The van der Waals surface area contributed by atoms with E-state index in [2.05, 4.69) is 18.3 Å². The smallest absolute Gasteiger partial charge is 1.00 e. The van der Waals surface area contributed by atoms with Crippen molar-refractivity contribution in [2.45, 2.75) is 0 Å². The first kappa shape index (κ1) is 42.8. The van der Waals surface area contributed by atoms with E-state index < -0.39 is 6.96 Å². The first-order valence-corrected chi connectivity index (χ1v) is 2.83. The molecule has 13 nitrogen and oxygen atoms in total. The Morgan fingerprint density at radius 3 is 0.789 bits per heavy atom. The zero-order chi connectivity index (χ0) is 10.2. The van der Waals surface area contributed by atoms with Crippen LogP contribution in [0.5, 0.6) is 0 Å². The Hall–Kier alpha value is -0.475. The Balaban J connectivity index is -0.0000000480. The van der Waals surface area contributed by atoms with E-state index in [0.717, 1.165) is 0 Å². The Morgan fingerprint density at radius 2 is 0.684 bits per heavy atom. The summed E-state index contributed by atoms with van der Waals surface area (Å²) in [6.45, 7) is -3.44. The van der Waals surface area contributed by atoms with Crippen LogP contribution in [0.15, 0.2) is 0 Å². The molecular weight excluding hydrogens is 285 g/mol. The molecule has 0 radical (unpaired) electrons. The maximum absolute atomic E-state index is 9.85. The molecule has 0 saturated heterocycles. The quantitative estimate of drug-likeness (QED) is 0.386. The topological polar surface area (TPSA) is 263 Å². The molecule has 0 spiro atoms. The molecule has 0 aromatic carbocycles. The summed E-state index contributed by atoms with van der Waals surface area (Å²) in [5, 5.41) is 0. The van der Waals surface area contributed by atoms with Gasteiger partial charge in [-0.05, 0) is 0 Å². The van der Waals surface area contributed by atoms with Crippen molar-refractivity contribution in [3.05, 3.63) is 0 Å². The van der Waals surface area contributed by atoms with Crippen LogP contribution in [-0.2, 0) is 37.1 Å². The molecule has 0 aliphatic heterocycles. The van der Waals surface area contributed by atoms with Gasteiger partial charge in [-0.2, -0.15) is 0 Å². The normalized spacial score (nSPS) is 5.47. The third kappa shape index (κ3) is 17.5. The maximum atomic E-state index is 9.85. The van der Waals surface area contributed by atoms with Gasteiger partial charge in [-0.15, -0.1) is 0 Å². The second kappa shape index (κ2) is 26.2. The van der Waals surface area contributed by atoms with Crippen LogP contribution in [0, 0.1) is 0 Å². The molecule has 0 aliphatic carbocycles. The summed E-state index contributed by atoms with van der Waals surface area (Å²) in [5.74, 6) is 0. The first-order chi connectivity index (χ1) is 6.24. The molecule has 19 heteroatoms. The summed E-state index contributed by atoms with van der Waals surface area (Å²) in [6, 6.07) is 0. The Bertz CT molecular complexity index is 162. The fourth-order valence-electron chi connectivity index (χ4n) is 0.465. The van der Waals surface area contributed by atoms with Crippen LogP contribution in [0.2, 0.25) is 0 Å². The summed E-state index contributed by atoms with van der Waals surface area (Å²) in [6.07, 6.45) is 0. The van der Waals surface area contributed by atoms with Crippen molar-refractivity contribution in [1.29, 1.82) is 0 Å². The van der Waals surface area contributed by atoms with Gasteiger partial charge in [-0.25, -0.2) is 0 Å². The predicted octanol–water partition coefficient (Wildman–Crippen LogP) is -9.77. The van der Waals surface area contributed by atoms with Gasteiger partial charge in [0.25, 0.3) is 0 Å². The fraction of sp³-hybridized carbons (Fsp3) is 0. The summed E-state index contributed by atoms with van der Waals surface area (Å²) >= 11 is 0. The molecule has 0 aliphatic rings. The van der Waals surface area contributed by atoms with Gasteiger partial charge in [-0.3, -0.25) is 0 Å². The third-order valence-corrected chi connectivity index (χ3v) is 0.889. The van der Waals surface area contributed by atoms with Crippen molar-refractivity contribution < 1.29 is 94.0 Å². The summed E-state index contributed by atoms with van der Waals surface area (Å²) in [7, 11) is -0.847. The van der Waals surface area contributed by atoms with E-state index in [4.69, 9.17) is 0 Å². The molecule has 0 heterocycles. The maximum Gasteiger partial charge on any atom is 1.00 e. The van der Waals surface area contributed by atoms with Crippen molar-refractivity contribution in [2.24, 2.45) is 0 Å². The molecule has 10 N–H and O–H groups in total. The van der Waals surface area contributed by atoms with Crippen molar-refractivity contribution in [3.63, 3.8) is 0 Å². The molecule has 0 aromatic rings. The van der Waals surface area contributed by atoms with Crippen LogP contribution in [0.1, 0.15) is 0 Å². The zero-order valence-electron chi connectivity index (χ0n) is 9.65. The molecule has 0 rings (SSSR count). The van der Waals surface area contributed by atoms with Crippen LogP contribution < -0.4 is 29.6 Å². The van der Waals surface area contributed by atoms with E-state index in [1.165, 1.54) is 0 Å². The molecule has 0 aromatic heterocycles. The largest absolute Gasteiger partial charge is 1.00 e. The van der Waals surface area contributed by atoms with Crippen LogP contribution in [0.3, 0.4) is 0 Å². The second-order valence-electron chi connectivity index (χ2n) is 1.51. The summed E-state index contributed by atoms with van der Waals surface area (Å²) < 4.78 is 55.3. The minimum Gasteiger partial charge on any atom is 1.00 e. The zero-order valence-corrected chi connectivity index (χ0v) is 11.7. The van der Waals surface area contributed by atoms with Crippen LogP contribution in [0.4, 0.5) is 0 Å². The van der Waals surface area contributed by atoms with Crippen LogP contribution in [0.25, 0.3) is 0 Å². The Labute approximate surface area is 130 Å². The number of rotatable bonds is 8.